The van der Waals surface area contributed by atoms with Crippen LogP contribution in [0.4, 0.5) is 0 Å². The van der Waals surface area contributed by atoms with E-state index in [1.165, 1.54) is 7.05 Å². The van der Waals surface area contributed by atoms with Crippen LogP contribution in [0.3, 0.4) is 0 Å². The highest BCUT2D eigenvalue weighted by Crippen LogP contribution is 2.23. The van der Waals surface area contributed by atoms with Crippen molar-refractivity contribution in [3.05, 3.63) is 29.8 Å². The number of rotatable bonds is 6. The summed E-state index contributed by atoms with van der Waals surface area (Å²) in [5, 5.41) is 13.0. The molecule has 0 saturated carbocycles. The van der Waals surface area contributed by atoms with E-state index in [4.69, 9.17) is 4.42 Å². The molecule has 1 heterocycles. The quantitative estimate of drug-likeness (QED) is 0.771. The molecule has 8 heteroatoms. The van der Waals surface area contributed by atoms with E-state index in [0.717, 1.165) is 22.9 Å². The predicted molar refractivity (Wildman–Crippen MR) is 82.3 cm³/mol. The van der Waals surface area contributed by atoms with Crippen molar-refractivity contribution in [2.75, 3.05) is 19.3 Å². The smallest absolute Gasteiger partial charge is 0.277 e. The first-order valence-corrected chi connectivity index (χ1v) is 7.57. The lowest BCUT2D eigenvalue weighted by atomic mass is 10.1. The summed E-state index contributed by atoms with van der Waals surface area (Å²) < 4.78 is 5.49. The number of nitrogens with one attached hydrogen (secondary N) is 2. The standard InChI is InChI=1S/C14H16N4O3S/c1-9-3-5-10(6-4-9)13-17-18-14(21-13)22-8-12(20)16-7-11(19)15-2/h3-6H,7-8H2,1-2H3,(H,15,19)(H,16,20). The predicted octanol–water partition coefficient (Wildman–Crippen LogP) is 0.999. The summed E-state index contributed by atoms with van der Waals surface area (Å²) in [6.45, 7) is 1.95. The van der Waals surface area contributed by atoms with Crippen LogP contribution in [-0.4, -0.2) is 41.4 Å². The molecule has 0 unspecified atom stereocenters. The van der Waals surface area contributed by atoms with Crippen LogP contribution < -0.4 is 10.6 Å². The largest absolute Gasteiger partial charge is 0.411 e. The van der Waals surface area contributed by atoms with Gasteiger partial charge in [-0.1, -0.05) is 29.5 Å². The summed E-state index contributed by atoms with van der Waals surface area (Å²) in [5.41, 5.74) is 1.97. The molecule has 0 aliphatic rings. The summed E-state index contributed by atoms with van der Waals surface area (Å²) in [4.78, 5) is 22.6. The van der Waals surface area contributed by atoms with E-state index in [1.54, 1.807) is 0 Å². The maximum absolute atomic E-state index is 11.5. The first-order chi connectivity index (χ1) is 10.6. The van der Waals surface area contributed by atoms with Crippen molar-refractivity contribution < 1.29 is 14.0 Å². The van der Waals surface area contributed by atoms with Crippen molar-refractivity contribution in [2.45, 2.75) is 12.1 Å². The van der Waals surface area contributed by atoms with E-state index < -0.39 is 0 Å². The first-order valence-electron chi connectivity index (χ1n) is 6.59. The normalized spacial score (nSPS) is 10.3. The second kappa shape index (κ2) is 7.60. The van der Waals surface area contributed by atoms with Gasteiger partial charge in [-0.05, 0) is 19.1 Å². The van der Waals surface area contributed by atoms with Gasteiger partial charge < -0.3 is 15.1 Å². The van der Waals surface area contributed by atoms with Crippen LogP contribution in [0, 0.1) is 6.92 Å². The zero-order valence-corrected chi connectivity index (χ0v) is 13.1. The topological polar surface area (TPSA) is 97.1 Å². The molecule has 0 fully saturated rings. The van der Waals surface area contributed by atoms with Crippen molar-refractivity contribution in [1.29, 1.82) is 0 Å². The molecular formula is C14H16N4O3S. The summed E-state index contributed by atoms with van der Waals surface area (Å²) in [6.07, 6.45) is 0. The average Bonchev–Trinajstić information content (AvgIpc) is 3.00. The molecule has 0 bridgehead atoms. The number of amides is 2. The number of carbonyl (C=O) groups excluding carboxylic acids is 2. The number of likely N-dealkylation sites (N-methyl/N-ethyl adjacent to an activating group) is 1. The maximum Gasteiger partial charge on any atom is 0.277 e. The van der Waals surface area contributed by atoms with Gasteiger partial charge in [0.1, 0.15) is 0 Å². The SMILES string of the molecule is CNC(=O)CNC(=O)CSc1nnc(-c2ccc(C)cc2)o1. The molecule has 0 spiro atoms. The highest BCUT2D eigenvalue weighted by molar-refractivity contribution is 7.99. The molecule has 0 aliphatic heterocycles. The molecule has 2 aromatic rings. The molecule has 0 aliphatic carbocycles. The van der Waals surface area contributed by atoms with E-state index in [1.807, 2.05) is 31.2 Å². The molecule has 1 aromatic heterocycles. The van der Waals surface area contributed by atoms with Gasteiger partial charge in [-0.3, -0.25) is 9.59 Å². The number of carbonyl (C=O) groups is 2. The van der Waals surface area contributed by atoms with E-state index in [2.05, 4.69) is 20.8 Å². The lowest BCUT2D eigenvalue weighted by Crippen LogP contribution is -2.35. The maximum atomic E-state index is 11.5. The van der Waals surface area contributed by atoms with Gasteiger partial charge in [0.15, 0.2) is 0 Å². The van der Waals surface area contributed by atoms with Crippen LogP contribution in [0.5, 0.6) is 0 Å². The molecule has 1 aromatic carbocycles. The molecule has 22 heavy (non-hydrogen) atoms. The van der Waals surface area contributed by atoms with Gasteiger partial charge in [-0.15, -0.1) is 10.2 Å². The Morgan fingerprint density at radius 2 is 1.91 bits per heavy atom. The van der Waals surface area contributed by atoms with Gasteiger partial charge in [0.2, 0.25) is 17.7 Å². The van der Waals surface area contributed by atoms with Crippen molar-refractivity contribution >= 4 is 23.6 Å². The van der Waals surface area contributed by atoms with Gasteiger partial charge >= 0.3 is 0 Å². The minimum absolute atomic E-state index is 0.0473. The van der Waals surface area contributed by atoms with E-state index in [0.29, 0.717) is 11.1 Å². The number of hydrogen-bond donors (Lipinski definition) is 2. The van der Waals surface area contributed by atoms with Crippen molar-refractivity contribution in [2.24, 2.45) is 0 Å². The Morgan fingerprint density at radius 3 is 2.59 bits per heavy atom. The Balaban J connectivity index is 1.86. The fraction of sp³-hybridized carbons (Fsp3) is 0.286. The van der Waals surface area contributed by atoms with Crippen molar-refractivity contribution in [3.63, 3.8) is 0 Å². The Labute approximate surface area is 131 Å². The molecule has 7 nitrogen and oxygen atoms in total. The van der Waals surface area contributed by atoms with Gasteiger partial charge in [0, 0.05) is 12.6 Å². The molecule has 2 amide bonds. The second-order valence-electron chi connectivity index (χ2n) is 4.48. The highest BCUT2D eigenvalue weighted by atomic mass is 32.2. The third kappa shape index (κ3) is 4.59. The molecule has 2 rings (SSSR count). The number of nitrogens with zero attached hydrogens (tertiary/aromatic N) is 2. The van der Waals surface area contributed by atoms with Gasteiger partial charge in [-0.25, -0.2) is 0 Å². The lowest BCUT2D eigenvalue weighted by Gasteiger charge is -2.02. The summed E-state index contributed by atoms with van der Waals surface area (Å²) in [5.74, 6) is -0.0123. The molecule has 2 N–H and O–H groups in total. The minimum atomic E-state index is -0.274. The third-order valence-electron chi connectivity index (χ3n) is 2.76. The van der Waals surface area contributed by atoms with Gasteiger partial charge in [0.25, 0.3) is 5.22 Å². The second-order valence-corrected chi connectivity index (χ2v) is 5.40. The number of hydrogen-bond acceptors (Lipinski definition) is 6. The van der Waals surface area contributed by atoms with Crippen LogP contribution in [0.1, 0.15) is 5.56 Å². The molecule has 116 valence electrons. The number of thioether (sulfide) groups is 1. The van der Waals surface area contributed by atoms with Crippen LogP contribution in [0.2, 0.25) is 0 Å². The Kier molecular flexibility index (Phi) is 5.54. The van der Waals surface area contributed by atoms with Gasteiger partial charge in [-0.2, -0.15) is 0 Å². The summed E-state index contributed by atoms with van der Waals surface area (Å²) in [7, 11) is 1.51. The van der Waals surface area contributed by atoms with Gasteiger partial charge in [0.05, 0.1) is 12.3 Å². The van der Waals surface area contributed by atoms with Crippen LogP contribution in [0.25, 0.3) is 11.5 Å². The minimum Gasteiger partial charge on any atom is -0.411 e. The zero-order valence-electron chi connectivity index (χ0n) is 12.3. The molecular weight excluding hydrogens is 304 g/mol. The van der Waals surface area contributed by atoms with E-state index in [9.17, 15) is 9.59 Å². The third-order valence-corrected chi connectivity index (χ3v) is 3.58. The van der Waals surface area contributed by atoms with Crippen molar-refractivity contribution in [3.8, 4) is 11.5 Å². The zero-order chi connectivity index (χ0) is 15.9. The lowest BCUT2D eigenvalue weighted by molar-refractivity contribution is -0.124. The average molecular weight is 320 g/mol. The van der Waals surface area contributed by atoms with Crippen molar-refractivity contribution in [1.82, 2.24) is 20.8 Å². The van der Waals surface area contributed by atoms with Crippen LogP contribution in [0.15, 0.2) is 33.9 Å². The number of benzene rings is 1. The van der Waals surface area contributed by atoms with Crippen LogP contribution >= 0.6 is 11.8 Å². The Hall–Kier alpha value is -2.35. The highest BCUT2D eigenvalue weighted by Gasteiger charge is 2.11. The fourth-order valence-electron chi connectivity index (χ4n) is 1.53. The van der Waals surface area contributed by atoms with E-state index in [-0.39, 0.29) is 24.1 Å². The molecule has 0 radical (unpaired) electrons. The Morgan fingerprint density at radius 1 is 1.18 bits per heavy atom. The first kappa shape index (κ1) is 16.0. The summed E-state index contributed by atoms with van der Waals surface area (Å²) in [6, 6.07) is 7.71. The van der Waals surface area contributed by atoms with E-state index >= 15 is 0 Å². The molecule has 0 atom stereocenters. The Bertz CT molecular complexity index is 654. The number of aromatic nitrogens is 2. The fourth-order valence-corrected chi connectivity index (χ4v) is 2.12. The van der Waals surface area contributed by atoms with Crippen LogP contribution in [-0.2, 0) is 9.59 Å². The number of aryl methyl sites for hydroxylation is 1. The summed E-state index contributed by atoms with van der Waals surface area (Å²) >= 11 is 1.12. The monoisotopic (exact) mass is 320 g/mol. The molecule has 0 saturated heterocycles.